The maximum atomic E-state index is 7.96. The summed E-state index contributed by atoms with van der Waals surface area (Å²) in [4.78, 5) is 0. The fourth-order valence-corrected chi connectivity index (χ4v) is 1.13. The first-order valence-electron chi connectivity index (χ1n) is 4.96. The van der Waals surface area contributed by atoms with Crippen molar-refractivity contribution >= 4 is 5.71 Å². The fraction of sp³-hybridized carbons (Fsp3) is 0.909. The first-order chi connectivity index (χ1) is 5.37. The maximum absolute atomic E-state index is 7.96. The number of hydrogen-bond acceptors (Lipinski definition) is 1. The molecule has 0 aromatic rings. The standard InChI is InChI=1S/C11H23N/c1-7(2)9(5)11(12)10(6)8(3)4/h7-10,12H,1-6H3. The van der Waals surface area contributed by atoms with Crippen LogP contribution in [0.15, 0.2) is 0 Å². The zero-order chi connectivity index (χ0) is 9.89. The molecule has 0 rings (SSSR count). The van der Waals surface area contributed by atoms with Crippen LogP contribution in [0.3, 0.4) is 0 Å². The predicted octanol–water partition coefficient (Wildman–Crippen LogP) is 3.59. The minimum absolute atomic E-state index is 0.433. The molecule has 0 heterocycles. The van der Waals surface area contributed by atoms with E-state index < -0.39 is 0 Å². The molecule has 0 aliphatic rings. The minimum atomic E-state index is 0.433. The van der Waals surface area contributed by atoms with Gasteiger partial charge in [-0.1, -0.05) is 41.5 Å². The summed E-state index contributed by atoms with van der Waals surface area (Å²) < 4.78 is 0. The molecule has 0 aromatic carbocycles. The molecular weight excluding hydrogens is 146 g/mol. The lowest BCUT2D eigenvalue weighted by Crippen LogP contribution is -2.25. The second kappa shape index (κ2) is 4.64. The molecular formula is C11H23N. The van der Waals surface area contributed by atoms with Crippen LogP contribution in [0.1, 0.15) is 41.5 Å². The van der Waals surface area contributed by atoms with E-state index in [9.17, 15) is 0 Å². The van der Waals surface area contributed by atoms with Crippen LogP contribution in [0, 0.1) is 29.1 Å². The van der Waals surface area contributed by atoms with Gasteiger partial charge in [0.2, 0.25) is 0 Å². The fourth-order valence-electron chi connectivity index (χ4n) is 1.13. The van der Waals surface area contributed by atoms with E-state index >= 15 is 0 Å². The number of hydrogen-bond donors (Lipinski definition) is 1. The third kappa shape index (κ3) is 2.96. The van der Waals surface area contributed by atoms with Crippen LogP contribution >= 0.6 is 0 Å². The van der Waals surface area contributed by atoms with E-state index in [4.69, 9.17) is 5.41 Å². The predicted molar refractivity (Wildman–Crippen MR) is 55.7 cm³/mol. The van der Waals surface area contributed by atoms with Gasteiger partial charge in [-0.25, -0.2) is 0 Å². The summed E-state index contributed by atoms with van der Waals surface area (Å²) in [6.45, 7) is 13.1. The molecule has 1 nitrogen and oxygen atoms in total. The monoisotopic (exact) mass is 169 g/mol. The highest BCUT2D eigenvalue weighted by molar-refractivity contribution is 5.85. The second-order valence-electron chi connectivity index (χ2n) is 4.52. The molecule has 1 N–H and O–H groups in total. The zero-order valence-corrected chi connectivity index (χ0v) is 9.31. The summed E-state index contributed by atoms with van der Waals surface area (Å²) in [5.74, 6) is 2.06. The van der Waals surface area contributed by atoms with Crippen molar-refractivity contribution < 1.29 is 0 Å². The Morgan fingerprint density at radius 1 is 0.750 bits per heavy atom. The Morgan fingerprint density at radius 3 is 1.17 bits per heavy atom. The highest BCUT2D eigenvalue weighted by atomic mass is 14.5. The van der Waals surface area contributed by atoms with E-state index in [1.807, 2.05) is 0 Å². The van der Waals surface area contributed by atoms with Gasteiger partial charge in [-0.2, -0.15) is 0 Å². The average Bonchev–Trinajstić information content (AvgIpc) is 2.00. The van der Waals surface area contributed by atoms with Crippen molar-refractivity contribution in [2.75, 3.05) is 0 Å². The molecule has 72 valence electrons. The smallest absolute Gasteiger partial charge is 0.0150 e. The van der Waals surface area contributed by atoms with Crippen LogP contribution in [0.4, 0.5) is 0 Å². The van der Waals surface area contributed by atoms with Crippen molar-refractivity contribution in [1.29, 1.82) is 5.41 Å². The summed E-state index contributed by atoms with van der Waals surface area (Å²) in [7, 11) is 0. The Balaban J connectivity index is 4.19. The summed E-state index contributed by atoms with van der Waals surface area (Å²) in [5, 5.41) is 7.96. The first-order valence-corrected chi connectivity index (χ1v) is 4.96. The van der Waals surface area contributed by atoms with Crippen molar-refractivity contribution in [3.8, 4) is 0 Å². The Kier molecular flexibility index (Phi) is 4.51. The van der Waals surface area contributed by atoms with Crippen LogP contribution in [-0.4, -0.2) is 5.71 Å². The summed E-state index contributed by atoms with van der Waals surface area (Å²) >= 11 is 0. The van der Waals surface area contributed by atoms with Crippen molar-refractivity contribution in [1.82, 2.24) is 0 Å². The highest BCUT2D eigenvalue weighted by Gasteiger charge is 2.20. The van der Waals surface area contributed by atoms with Gasteiger partial charge in [0, 0.05) is 5.71 Å². The minimum Gasteiger partial charge on any atom is -0.309 e. The van der Waals surface area contributed by atoms with E-state index in [0.717, 1.165) is 5.71 Å². The Hall–Kier alpha value is -0.330. The van der Waals surface area contributed by atoms with Crippen molar-refractivity contribution in [2.45, 2.75) is 41.5 Å². The van der Waals surface area contributed by atoms with Gasteiger partial charge in [0.25, 0.3) is 0 Å². The third-order valence-corrected chi connectivity index (χ3v) is 2.98. The molecule has 0 amide bonds. The summed E-state index contributed by atoms with van der Waals surface area (Å²) in [5.41, 5.74) is 0.917. The molecule has 0 aromatic heterocycles. The van der Waals surface area contributed by atoms with E-state index in [1.54, 1.807) is 0 Å². The molecule has 0 aliphatic carbocycles. The third-order valence-electron chi connectivity index (χ3n) is 2.98. The van der Waals surface area contributed by atoms with Crippen molar-refractivity contribution in [3.63, 3.8) is 0 Å². The zero-order valence-electron chi connectivity index (χ0n) is 9.31. The lowest BCUT2D eigenvalue weighted by Gasteiger charge is -2.24. The summed E-state index contributed by atoms with van der Waals surface area (Å²) in [6, 6.07) is 0. The molecule has 2 atom stereocenters. The molecule has 1 heteroatoms. The highest BCUT2D eigenvalue weighted by Crippen LogP contribution is 2.20. The molecule has 0 saturated carbocycles. The van der Waals surface area contributed by atoms with Crippen molar-refractivity contribution in [3.05, 3.63) is 0 Å². The largest absolute Gasteiger partial charge is 0.309 e. The van der Waals surface area contributed by atoms with E-state index in [1.165, 1.54) is 0 Å². The molecule has 0 spiro atoms. The number of nitrogens with one attached hydrogen (secondary N) is 1. The van der Waals surface area contributed by atoms with Crippen molar-refractivity contribution in [2.24, 2.45) is 23.7 Å². The topological polar surface area (TPSA) is 23.9 Å². The van der Waals surface area contributed by atoms with Crippen LogP contribution in [0.5, 0.6) is 0 Å². The number of rotatable bonds is 4. The average molecular weight is 169 g/mol. The van der Waals surface area contributed by atoms with E-state index in [0.29, 0.717) is 23.7 Å². The quantitative estimate of drug-likeness (QED) is 0.622. The molecule has 0 saturated heterocycles. The van der Waals surface area contributed by atoms with E-state index in [-0.39, 0.29) is 0 Å². The van der Waals surface area contributed by atoms with Gasteiger partial charge in [0.05, 0.1) is 0 Å². The Morgan fingerprint density at radius 2 is 1.00 bits per heavy atom. The van der Waals surface area contributed by atoms with Crippen LogP contribution < -0.4 is 0 Å². The molecule has 2 unspecified atom stereocenters. The van der Waals surface area contributed by atoms with Gasteiger partial charge < -0.3 is 5.41 Å². The van der Waals surface area contributed by atoms with E-state index in [2.05, 4.69) is 41.5 Å². The Bertz CT molecular complexity index is 131. The molecule has 0 fully saturated rings. The molecule has 0 radical (unpaired) electrons. The van der Waals surface area contributed by atoms with Gasteiger partial charge in [0.15, 0.2) is 0 Å². The molecule has 12 heavy (non-hydrogen) atoms. The SMILES string of the molecule is CC(C)C(C)C(=N)C(C)C(C)C. The first kappa shape index (κ1) is 11.7. The second-order valence-corrected chi connectivity index (χ2v) is 4.52. The lowest BCUT2D eigenvalue weighted by molar-refractivity contribution is 0.460. The van der Waals surface area contributed by atoms with Crippen LogP contribution in [-0.2, 0) is 0 Å². The van der Waals surface area contributed by atoms with Gasteiger partial charge in [-0.15, -0.1) is 0 Å². The summed E-state index contributed by atoms with van der Waals surface area (Å²) in [6.07, 6.45) is 0. The lowest BCUT2D eigenvalue weighted by atomic mass is 9.82. The molecule has 0 aliphatic heterocycles. The normalized spacial score (nSPS) is 16.7. The van der Waals surface area contributed by atoms with Gasteiger partial charge in [-0.05, 0) is 23.7 Å². The molecule has 0 bridgehead atoms. The van der Waals surface area contributed by atoms with Crippen LogP contribution in [0.2, 0.25) is 0 Å². The van der Waals surface area contributed by atoms with Crippen LogP contribution in [0.25, 0.3) is 0 Å². The Labute approximate surface area is 77.1 Å². The van der Waals surface area contributed by atoms with Gasteiger partial charge in [0.1, 0.15) is 0 Å². The maximum Gasteiger partial charge on any atom is 0.0150 e. The van der Waals surface area contributed by atoms with Gasteiger partial charge in [-0.3, -0.25) is 0 Å². The van der Waals surface area contributed by atoms with Gasteiger partial charge >= 0.3 is 0 Å².